The highest BCUT2D eigenvalue weighted by atomic mass is 28.4. The van der Waals surface area contributed by atoms with Crippen molar-refractivity contribution in [1.82, 2.24) is 20.0 Å². The summed E-state index contributed by atoms with van der Waals surface area (Å²) in [5.41, 5.74) is 3.28. The first-order valence-corrected chi connectivity index (χ1v) is 20.4. The Bertz CT molecular complexity index is 2080. The number of aryl methyl sites for hydroxylation is 1. The van der Waals surface area contributed by atoms with Crippen molar-refractivity contribution in [2.45, 2.75) is 62.6 Å². The lowest BCUT2D eigenvalue weighted by molar-refractivity contribution is -0.145. The largest absolute Gasteiger partial charge is 0.395 e. The van der Waals surface area contributed by atoms with E-state index in [0.29, 0.717) is 35.6 Å². The first kappa shape index (κ1) is 34.5. The summed E-state index contributed by atoms with van der Waals surface area (Å²) in [7, 11) is -3.40. The van der Waals surface area contributed by atoms with Gasteiger partial charge in [-0.25, -0.2) is 0 Å². The molecule has 0 saturated carbocycles. The summed E-state index contributed by atoms with van der Waals surface area (Å²) in [5.74, 6) is -1.26. The minimum absolute atomic E-state index is 0.119. The Labute approximate surface area is 297 Å². The van der Waals surface area contributed by atoms with Crippen LogP contribution in [0.5, 0.6) is 0 Å². The van der Waals surface area contributed by atoms with Gasteiger partial charge in [0.15, 0.2) is 5.60 Å². The molecule has 3 aromatic carbocycles. The van der Waals surface area contributed by atoms with Crippen LogP contribution in [0.3, 0.4) is 0 Å². The molecule has 2 aliphatic rings. The fourth-order valence-corrected chi connectivity index (χ4v) is 10.8. The molecule has 0 aliphatic carbocycles. The average molecular weight is 707 g/mol. The molecule has 1 fully saturated rings. The summed E-state index contributed by atoms with van der Waals surface area (Å²) in [6, 6.07) is 22.9. The SMILES string of the molecule is C=CCN1C(=O)[C@@]2(O[C@@H](CCn3cc(C(CO)c4ccccc4)nn3)[C@H]([Si](C)(C)F)[C@H]2C)c2cc(NC(=O)Cc3c[nH]c4ccccc34)ccc21. The average Bonchev–Trinajstić information content (AvgIpc) is 3.87. The zero-order valence-corrected chi connectivity index (χ0v) is 30.1. The Morgan fingerprint density at radius 1 is 1.18 bits per heavy atom. The Morgan fingerprint density at radius 2 is 1.94 bits per heavy atom. The maximum atomic E-state index is 16.4. The molecule has 12 heteroatoms. The quantitative estimate of drug-likeness (QED) is 0.0777. The molecular weight excluding hydrogens is 664 g/mol. The van der Waals surface area contributed by atoms with Gasteiger partial charge in [0.05, 0.1) is 36.4 Å². The van der Waals surface area contributed by atoms with Gasteiger partial charge in [0, 0.05) is 59.1 Å². The maximum absolute atomic E-state index is 16.4. The van der Waals surface area contributed by atoms with Crippen LogP contribution in [0.1, 0.15) is 41.6 Å². The van der Waals surface area contributed by atoms with Crippen molar-refractivity contribution in [3.8, 4) is 0 Å². The van der Waals surface area contributed by atoms with Gasteiger partial charge in [-0.15, -0.1) is 11.7 Å². The second kappa shape index (κ2) is 13.7. The third kappa shape index (κ3) is 6.21. The minimum atomic E-state index is -3.40. The Hall–Kier alpha value is -4.91. The number of halogens is 1. The number of fused-ring (bicyclic) bond motifs is 3. The van der Waals surface area contributed by atoms with Gasteiger partial charge in [-0.2, -0.15) is 0 Å². The van der Waals surface area contributed by atoms with Gasteiger partial charge in [0.25, 0.3) is 5.91 Å². The van der Waals surface area contributed by atoms with E-state index in [9.17, 15) is 14.7 Å². The first-order valence-electron chi connectivity index (χ1n) is 17.4. The van der Waals surface area contributed by atoms with E-state index in [2.05, 4.69) is 27.2 Å². The minimum Gasteiger partial charge on any atom is -0.395 e. The van der Waals surface area contributed by atoms with E-state index in [1.54, 1.807) is 34.8 Å². The van der Waals surface area contributed by atoms with Crippen LogP contribution in [0, 0.1) is 5.92 Å². The third-order valence-electron chi connectivity index (χ3n) is 10.5. The number of anilines is 2. The number of H-pyrrole nitrogens is 1. The number of rotatable bonds is 12. The molecular formula is C39H43FN6O4Si. The van der Waals surface area contributed by atoms with Crippen LogP contribution in [-0.2, 0) is 32.9 Å². The smallest absolute Gasteiger partial charge is 0.264 e. The number of aliphatic hydroxyl groups excluding tert-OH is 1. The highest BCUT2D eigenvalue weighted by Gasteiger charge is 2.66. The molecule has 5 aromatic rings. The second-order valence-electron chi connectivity index (χ2n) is 14.1. The van der Waals surface area contributed by atoms with Crippen molar-refractivity contribution in [2.24, 2.45) is 5.92 Å². The van der Waals surface area contributed by atoms with Gasteiger partial charge >= 0.3 is 0 Å². The Morgan fingerprint density at radius 3 is 2.69 bits per heavy atom. The van der Waals surface area contributed by atoms with Gasteiger partial charge in [-0.1, -0.05) is 66.7 Å². The van der Waals surface area contributed by atoms with Crippen molar-refractivity contribution in [3.05, 3.63) is 120 Å². The van der Waals surface area contributed by atoms with Crippen LogP contribution in [0.2, 0.25) is 18.6 Å². The van der Waals surface area contributed by atoms with Crippen molar-refractivity contribution in [2.75, 3.05) is 23.4 Å². The molecule has 0 radical (unpaired) electrons. The molecule has 1 saturated heterocycles. The van der Waals surface area contributed by atoms with Crippen molar-refractivity contribution in [1.29, 1.82) is 0 Å². The van der Waals surface area contributed by atoms with Crippen molar-refractivity contribution < 1.29 is 23.5 Å². The highest BCUT2D eigenvalue weighted by molar-refractivity contribution is 6.72. The van der Waals surface area contributed by atoms with Crippen LogP contribution in [-0.4, -0.2) is 64.6 Å². The summed E-state index contributed by atoms with van der Waals surface area (Å²) < 4.78 is 25.0. The molecule has 4 heterocycles. The van der Waals surface area contributed by atoms with Crippen LogP contribution in [0.15, 0.2) is 97.8 Å². The Balaban J connectivity index is 1.16. The fourth-order valence-electron chi connectivity index (χ4n) is 8.26. The van der Waals surface area contributed by atoms with Crippen LogP contribution < -0.4 is 10.2 Å². The number of benzene rings is 3. The van der Waals surface area contributed by atoms with E-state index in [-0.39, 0.29) is 37.3 Å². The number of para-hydroxylation sites is 1. The second-order valence-corrected chi connectivity index (χ2v) is 17.9. The molecule has 7 rings (SSSR count). The molecule has 1 spiro atoms. The van der Waals surface area contributed by atoms with E-state index >= 15 is 4.11 Å². The molecule has 2 amide bonds. The Kier molecular flexibility index (Phi) is 9.25. The molecule has 5 atom stereocenters. The number of ether oxygens (including phenoxy) is 1. The molecule has 10 nitrogen and oxygen atoms in total. The number of amides is 2. The lowest BCUT2D eigenvalue weighted by Gasteiger charge is -2.31. The van der Waals surface area contributed by atoms with Crippen LogP contribution in [0.25, 0.3) is 10.9 Å². The summed E-state index contributed by atoms with van der Waals surface area (Å²) in [6.45, 7) is 9.66. The van der Waals surface area contributed by atoms with E-state index in [1.807, 2.05) is 86.0 Å². The number of aliphatic hydroxyl groups is 1. The fraction of sp³-hybridized carbons (Fsp3) is 0.333. The number of aromatic nitrogens is 4. The van der Waals surface area contributed by atoms with Crippen molar-refractivity contribution >= 4 is 42.5 Å². The monoisotopic (exact) mass is 706 g/mol. The predicted octanol–water partition coefficient (Wildman–Crippen LogP) is 6.46. The normalized spacial score (nSPS) is 22.1. The molecule has 0 bridgehead atoms. The van der Waals surface area contributed by atoms with Gasteiger partial charge in [0.1, 0.15) is 0 Å². The van der Waals surface area contributed by atoms with E-state index in [1.165, 1.54) is 0 Å². The number of nitrogens with one attached hydrogen (secondary N) is 2. The summed E-state index contributed by atoms with van der Waals surface area (Å²) in [6.07, 6.45) is 5.31. The summed E-state index contributed by atoms with van der Waals surface area (Å²) >= 11 is 0. The molecule has 264 valence electrons. The van der Waals surface area contributed by atoms with Crippen LogP contribution >= 0.6 is 0 Å². The molecule has 2 aliphatic heterocycles. The number of nitrogens with zero attached hydrogens (tertiary/aromatic N) is 4. The summed E-state index contributed by atoms with van der Waals surface area (Å²) in [4.78, 5) is 32.7. The van der Waals surface area contributed by atoms with Gasteiger partial charge in [-0.3, -0.25) is 14.3 Å². The standard InChI is InChI=1S/C39H43FN6O4Si/c1-5-18-46-34-16-15-28(42-36(48)20-27-22-41-32-14-10-9-13-29(27)32)21-31(34)39(38(46)49)25(2)37(51(3,4)40)35(50-39)17-19-45-23-33(43-44-45)30(24-47)26-11-7-6-8-12-26/h5-16,21-23,25,30,35,37,41,47H,1,17-20,24H2,2-4H3,(H,42,48)/t25-,30?,35+,37-,39+/m1/s1. The zero-order valence-electron chi connectivity index (χ0n) is 29.1. The zero-order chi connectivity index (χ0) is 35.9. The third-order valence-corrected chi connectivity index (χ3v) is 13.0. The molecule has 51 heavy (non-hydrogen) atoms. The number of carbonyl (C=O) groups excluding carboxylic acids is 2. The maximum Gasteiger partial charge on any atom is 0.264 e. The van der Waals surface area contributed by atoms with E-state index < -0.39 is 31.6 Å². The van der Waals surface area contributed by atoms with E-state index in [4.69, 9.17) is 4.74 Å². The molecule has 1 unspecified atom stereocenters. The predicted molar refractivity (Wildman–Crippen MR) is 198 cm³/mol. The lowest BCUT2D eigenvalue weighted by atomic mass is 9.82. The van der Waals surface area contributed by atoms with Gasteiger partial charge < -0.3 is 29.2 Å². The number of hydrogen-bond acceptors (Lipinski definition) is 6. The van der Waals surface area contributed by atoms with Gasteiger partial charge in [0.2, 0.25) is 14.3 Å². The van der Waals surface area contributed by atoms with E-state index in [0.717, 1.165) is 22.0 Å². The lowest BCUT2D eigenvalue weighted by Crippen LogP contribution is -2.45. The van der Waals surface area contributed by atoms with Gasteiger partial charge in [-0.05, 0) is 54.9 Å². The highest BCUT2D eigenvalue weighted by Crippen LogP contribution is 2.60. The first-order chi connectivity index (χ1) is 24.5. The van der Waals surface area contributed by atoms with Crippen LogP contribution in [0.4, 0.5) is 15.5 Å². The molecule has 2 aromatic heterocycles. The molecule has 3 N–H and O–H groups in total. The topological polar surface area (TPSA) is 125 Å². The summed E-state index contributed by atoms with van der Waals surface area (Å²) in [5, 5.41) is 22.8. The number of aromatic amines is 1. The van der Waals surface area contributed by atoms with Crippen molar-refractivity contribution in [3.63, 3.8) is 0 Å². The number of carbonyl (C=O) groups is 2. The number of hydrogen-bond donors (Lipinski definition) is 3.